The van der Waals surface area contributed by atoms with Crippen molar-refractivity contribution in [1.29, 1.82) is 0 Å². The van der Waals surface area contributed by atoms with E-state index in [1.807, 2.05) is 18.2 Å². The summed E-state index contributed by atoms with van der Waals surface area (Å²) < 4.78 is 18.6. The average molecular weight is 582 g/mol. The molecule has 3 atom stereocenters. The van der Waals surface area contributed by atoms with Crippen LogP contribution in [0.5, 0.6) is 11.8 Å². The largest absolute Gasteiger partial charge is 0.508 e. The Hall–Kier alpha value is -3.42. The van der Waals surface area contributed by atoms with E-state index in [9.17, 15) is 5.11 Å². The van der Waals surface area contributed by atoms with Crippen molar-refractivity contribution in [3.05, 3.63) is 52.7 Å². The number of hydrogen-bond acceptors (Lipinski definition) is 9. The van der Waals surface area contributed by atoms with E-state index in [2.05, 4.69) is 21.0 Å². The number of rotatable bonds is 7. The molecule has 1 saturated carbocycles. The lowest BCUT2D eigenvalue weighted by molar-refractivity contribution is 0.0222. The Bertz CT molecular complexity index is 1570. The summed E-state index contributed by atoms with van der Waals surface area (Å²) >= 11 is 0. The van der Waals surface area contributed by atoms with Crippen molar-refractivity contribution in [3.63, 3.8) is 0 Å². The van der Waals surface area contributed by atoms with Crippen molar-refractivity contribution in [2.24, 2.45) is 5.41 Å². The molecule has 3 saturated heterocycles. The number of morpholine rings is 1. The van der Waals surface area contributed by atoms with Crippen LogP contribution < -0.4 is 15.0 Å². The first kappa shape index (κ1) is 27.2. The second kappa shape index (κ2) is 10.9. The Kier molecular flexibility index (Phi) is 6.91. The van der Waals surface area contributed by atoms with Gasteiger partial charge in [-0.3, -0.25) is 4.90 Å². The van der Waals surface area contributed by atoms with Crippen molar-refractivity contribution in [3.8, 4) is 24.1 Å². The SMILES string of the molecule is C#Cc1cccc2cc(O)cc(C3Cc4nc(OCC5(CN6CCOCC6)CC5)nc(N5CC6CCC(C5)N6)c4CO3)c12. The predicted octanol–water partition coefficient (Wildman–Crippen LogP) is 3.56. The summed E-state index contributed by atoms with van der Waals surface area (Å²) in [6, 6.07) is 10.8. The highest BCUT2D eigenvalue weighted by molar-refractivity contribution is 5.92. The van der Waals surface area contributed by atoms with Gasteiger partial charge in [0, 0.05) is 73.2 Å². The Morgan fingerprint density at radius 2 is 1.93 bits per heavy atom. The van der Waals surface area contributed by atoms with Crippen LogP contribution in [0, 0.1) is 17.8 Å². The number of piperazine rings is 1. The average Bonchev–Trinajstić information content (AvgIpc) is 3.72. The van der Waals surface area contributed by atoms with Crippen LogP contribution in [0.1, 0.15) is 54.2 Å². The van der Waals surface area contributed by atoms with E-state index in [0.29, 0.717) is 37.7 Å². The third kappa shape index (κ3) is 5.31. The van der Waals surface area contributed by atoms with Crippen molar-refractivity contribution >= 4 is 16.6 Å². The fraction of sp³-hybridized carbons (Fsp3) is 0.529. The molecular weight excluding hydrogens is 542 g/mol. The van der Waals surface area contributed by atoms with Crippen LogP contribution in [0.4, 0.5) is 5.82 Å². The molecule has 5 heterocycles. The molecule has 5 aliphatic rings. The fourth-order valence-electron chi connectivity index (χ4n) is 7.52. The first-order valence-electron chi connectivity index (χ1n) is 15.7. The number of aromatic hydroxyl groups is 1. The molecule has 8 rings (SSSR count). The lowest BCUT2D eigenvalue weighted by Gasteiger charge is -2.36. The smallest absolute Gasteiger partial charge is 0.318 e. The molecule has 4 fully saturated rings. The van der Waals surface area contributed by atoms with E-state index in [1.165, 1.54) is 25.7 Å². The van der Waals surface area contributed by atoms with Crippen molar-refractivity contribution < 1.29 is 19.3 Å². The van der Waals surface area contributed by atoms with Crippen LogP contribution in [-0.2, 0) is 22.5 Å². The molecule has 2 bridgehead atoms. The first-order chi connectivity index (χ1) is 21.1. The topological polar surface area (TPSA) is 92.2 Å². The van der Waals surface area contributed by atoms with Crippen LogP contribution in [0.2, 0.25) is 0 Å². The highest BCUT2D eigenvalue weighted by atomic mass is 16.5. The molecule has 0 radical (unpaired) electrons. The van der Waals surface area contributed by atoms with E-state index in [4.69, 9.17) is 30.6 Å². The number of phenolic OH excluding ortho intramolecular Hbond substituents is 1. The minimum atomic E-state index is -0.303. The number of nitrogens with one attached hydrogen (secondary N) is 1. The predicted molar refractivity (Wildman–Crippen MR) is 163 cm³/mol. The summed E-state index contributed by atoms with van der Waals surface area (Å²) in [4.78, 5) is 15.0. The Balaban J connectivity index is 1.11. The minimum Gasteiger partial charge on any atom is -0.508 e. The van der Waals surface area contributed by atoms with Crippen LogP contribution in [0.25, 0.3) is 10.8 Å². The number of aromatic nitrogens is 2. The van der Waals surface area contributed by atoms with Crippen LogP contribution in [0.3, 0.4) is 0 Å². The number of phenols is 1. The standard InChI is InChI=1S/C34H39N5O4/c1-2-22-4-3-5-23-14-26(40)15-27(31(22)23)30-16-29-28(19-42-30)32(39-17-24-6-7-25(18-39)35-24)37-33(36-29)43-21-34(8-9-34)20-38-10-12-41-13-11-38/h1,3-5,14-15,24-25,30,35,40H,6-13,16-21H2. The van der Waals surface area contributed by atoms with E-state index in [0.717, 1.165) is 84.9 Å². The molecule has 224 valence electrons. The number of ether oxygens (including phenoxy) is 3. The van der Waals surface area contributed by atoms with Gasteiger partial charge in [-0.2, -0.15) is 9.97 Å². The molecule has 1 aliphatic carbocycles. The van der Waals surface area contributed by atoms with E-state index >= 15 is 0 Å². The van der Waals surface area contributed by atoms with Gasteiger partial charge in [0.05, 0.1) is 38.2 Å². The van der Waals surface area contributed by atoms with Gasteiger partial charge in [-0.25, -0.2) is 0 Å². The quantitative estimate of drug-likeness (QED) is 0.407. The summed E-state index contributed by atoms with van der Waals surface area (Å²) in [7, 11) is 0. The molecule has 3 unspecified atom stereocenters. The van der Waals surface area contributed by atoms with Crippen LogP contribution >= 0.6 is 0 Å². The number of terminal acetylenes is 1. The van der Waals surface area contributed by atoms with Crippen LogP contribution in [-0.4, -0.2) is 84.6 Å². The van der Waals surface area contributed by atoms with E-state index in [1.54, 1.807) is 12.1 Å². The van der Waals surface area contributed by atoms with Gasteiger partial charge in [-0.1, -0.05) is 18.1 Å². The summed E-state index contributed by atoms with van der Waals surface area (Å²) in [5.41, 5.74) is 3.85. The van der Waals surface area contributed by atoms with Gasteiger partial charge >= 0.3 is 6.01 Å². The second-order valence-corrected chi connectivity index (χ2v) is 13.1. The number of anilines is 1. The third-order valence-electron chi connectivity index (χ3n) is 10.00. The van der Waals surface area contributed by atoms with E-state index < -0.39 is 0 Å². The molecule has 2 aromatic carbocycles. The second-order valence-electron chi connectivity index (χ2n) is 13.1. The lowest BCUT2D eigenvalue weighted by atomic mass is 9.92. The molecule has 0 spiro atoms. The van der Waals surface area contributed by atoms with Gasteiger partial charge in [0.25, 0.3) is 0 Å². The highest BCUT2D eigenvalue weighted by Crippen LogP contribution is 2.47. The van der Waals surface area contributed by atoms with Gasteiger partial charge in [0.2, 0.25) is 0 Å². The maximum Gasteiger partial charge on any atom is 0.318 e. The Labute approximate surface area is 252 Å². The monoisotopic (exact) mass is 581 g/mol. The highest BCUT2D eigenvalue weighted by Gasteiger charge is 2.45. The number of fused-ring (bicyclic) bond motifs is 4. The van der Waals surface area contributed by atoms with Crippen molar-refractivity contribution in [2.45, 2.75) is 56.9 Å². The third-order valence-corrected chi connectivity index (χ3v) is 10.00. The molecule has 9 nitrogen and oxygen atoms in total. The molecule has 1 aromatic heterocycles. The molecule has 9 heteroatoms. The molecule has 43 heavy (non-hydrogen) atoms. The maximum absolute atomic E-state index is 10.6. The number of benzene rings is 2. The van der Waals surface area contributed by atoms with Crippen molar-refractivity contribution in [1.82, 2.24) is 20.2 Å². The van der Waals surface area contributed by atoms with Gasteiger partial charge in [0.1, 0.15) is 11.6 Å². The lowest BCUT2D eigenvalue weighted by Crippen LogP contribution is -2.51. The Morgan fingerprint density at radius 1 is 1.12 bits per heavy atom. The van der Waals surface area contributed by atoms with Crippen molar-refractivity contribution in [2.75, 3.05) is 57.4 Å². The van der Waals surface area contributed by atoms with Crippen LogP contribution in [0.15, 0.2) is 30.3 Å². The van der Waals surface area contributed by atoms with E-state index in [-0.39, 0.29) is 17.3 Å². The fourth-order valence-corrected chi connectivity index (χ4v) is 7.52. The summed E-state index contributed by atoms with van der Waals surface area (Å²) in [5, 5.41) is 16.2. The molecule has 4 aliphatic heterocycles. The number of hydrogen-bond donors (Lipinski definition) is 2. The number of nitrogens with zero attached hydrogens (tertiary/aromatic N) is 4. The minimum absolute atomic E-state index is 0.169. The van der Waals surface area contributed by atoms with Gasteiger partial charge < -0.3 is 29.5 Å². The molecule has 2 N–H and O–H groups in total. The maximum atomic E-state index is 10.6. The Morgan fingerprint density at radius 3 is 2.70 bits per heavy atom. The van der Waals surface area contributed by atoms with Gasteiger partial charge in [0.15, 0.2) is 0 Å². The first-order valence-corrected chi connectivity index (χ1v) is 15.7. The summed E-state index contributed by atoms with van der Waals surface area (Å²) in [6.45, 7) is 7.48. The molecular formula is C34H39N5O4. The molecule has 3 aromatic rings. The van der Waals surface area contributed by atoms with Gasteiger partial charge in [-0.15, -0.1) is 6.42 Å². The zero-order valence-corrected chi connectivity index (χ0v) is 24.6. The zero-order valence-electron chi connectivity index (χ0n) is 24.6. The summed E-state index contributed by atoms with van der Waals surface area (Å²) in [6.07, 6.45) is 10.9. The zero-order chi connectivity index (χ0) is 29.0. The normalized spacial score (nSPS) is 26.2. The summed E-state index contributed by atoms with van der Waals surface area (Å²) in [5.74, 6) is 3.97. The van der Waals surface area contributed by atoms with Gasteiger partial charge in [-0.05, 0) is 54.8 Å². The molecule has 0 amide bonds.